The molecular formula is C23H31N3O3. The molecule has 0 aromatic heterocycles. The van der Waals surface area contributed by atoms with Crippen molar-refractivity contribution in [3.63, 3.8) is 0 Å². The van der Waals surface area contributed by atoms with Crippen molar-refractivity contribution in [2.75, 3.05) is 33.3 Å². The number of carboxylic acid groups (broad SMARTS) is 1. The fourth-order valence-corrected chi connectivity index (χ4v) is 4.07. The van der Waals surface area contributed by atoms with E-state index >= 15 is 0 Å². The van der Waals surface area contributed by atoms with E-state index in [9.17, 15) is 4.79 Å². The molecule has 0 saturated carbocycles. The number of hydrogen-bond donors (Lipinski definition) is 2. The van der Waals surface area contributed by atoms with Crippen LogP contribution >= 0.6 is 0 Å². The van der Waals surface area contributed by atoms with Crippen molar-refractivity contribution in [2.24, 2.45) is 0 Å². The maximum Gasteiger partial charge on any atom is 0.404 e. The van der Waals surface area contributed by atoms with Gasteiger partial charge in [-0.2, -0.15) is 0 Å². The summed E-state index contributed by atoms with van der Waals surface area (Å²) >= 11 is 0. The Labute approximate surface area is 173 Å². The van der Waals surface area contributed by atoms with Crippen LogP contribution in [0.5, 0.6) is 0 Å². The Morgan fingerprint density at radius 2 is 1.69 bits per heavy atom. The standard InChI is InChI=1S/C23H31N3O3/c1-29-22-18-25(15-13-24-23(27)28)14-12-21(22)26(16-19-8-4-2-5-9-19)17-20-10-6-3-7-11-20/h2-11,21-22,24H,12-18H2,1H3,(H,27,28)/t21-,22+/m1/s1. The molecule has 0 radical (unpaired) electrons. The number of nitrogens with one attached hydrogen (secondary N) is 1. The van der Waals surface area contributed by atoms with Gasteiger partial charge in [0.1, 0.15) is 0 Å². The minimum absolute atomic E-state index is 0.0843. The van der Waals surface area contributed by atoms with Crippen LogP contribution in [-0.2, 0) is 17.8 Å². The summed E-state index contributed by atoms with van der Waals surface area (Å²) in [6.07, 6.45) is 0.103. The van der Waals surface area contributed by atoms with Crippen molar-refractivity contribution in [2.45, 2.75) is 31.7 Å². The number of hydrogen-bond acceptors (Lipinski definition) is 4. The Balaban J connectivity index is 1.69. The van der Waals surface area contributed by atoms with E-state index in [-0.39, 0.29) is 6.10 Å². The van der Waals surface area contributed by atoms with Crippen LogP contribution in [-0.4, -0.2) is 66.4 Å². The average molecular weight is 398 g/mol. The summed E-state index contributed by atoms with van der Waals surface area (Å²) in [6, 6.07) is 21.4. The molecule has 3 rings (SSSR count). The zero-order valence-corrected chi connectivity index (χ0v) is 17.0. The van der Waals surface area contributed by atoms with Gasteiger partial charge in [0.15, 0.2) is 0 Å². The fourth-order valence-electron chi connectivity index (χ4n) is 4.07. The largest absolute Gasteiger partial charge is 0.465 e. The van der Waals surface area contributed by atoms with Crippen LogP contribution in [0.4, 0.5) is 4.79 Å². The van der Waals surface area contributed by atoms with Crippen molar-refractivity contribution >= 4 is 6.09 Å². The Kier molecular flexibility index (Phi) is 8.04. The van der Waals surface area contributed by atoms with Crippen molar-refractivity contribution < 1.29 is 14.6 Å². The molecule has 0 bridgehead atoms. The molecule has 2 aromatic carbocycles. The molecule has 1 aliphatic heterocycles. The molecule has 1 aliphatic rings. The van der Waals surface area contributed by atoms with E-state index in [0.717, 1.165) is 32.6 Å². The van der Waals surface area contributed by atoms with Gasteiger partial charge < -0.3 is 15.2 Å². The van der Waals surface area contributed by atoms with Crippen LogP contribution < -0.4 is 5.32 Å². The van der Waals surface area contributed by atoms with Gasteiger partial charge in [-0.3, -0.25) is 9.80 Å². The molecule has 2 atom stereocenters. The summed E-state index contributed by atoms with van der Waals surface area (Å²) in [5.41, 5.74) is 2.60. The SMILES string of the molecule is CO[C@H]1CN(CCNC(=O)O)CC[C@H]1N(Cc1ccccc1)Cc1ccccc1. The van der Waals surface area contributed by atoms with E-state index in [0.29, 0.717) is 19.1 Å². The summed E-state index contributed by atoms with van der Waals surface area (Å²) in [5.74, 6) is 0. The lowest BCUT2D eigenvalue weighted by Gasteiger charge is -2.43. The van der Waals surface area contributed by atoms with Crippen molar-refractivity contribution in [3.8, 4) is 0 Å². The monoisotopic (exact) mass is 397 g/mol. The molecular weight excluding hydrogens is 366 g/mol. The number of rotatable bonds is 9. The maximum atomic E-state index is 10.7. The van der Waals surface area contributed by atoms with E-state index in [1.54, 1.807) is 7.11 Å². The third-order valence-corrected chi connectivity index (χ3v) is 5.54. The predicted octanol–water partition coefficient (Wildman–Crippen LogP) is 3.05. The highest BCUT2D eigenvalue weighted by Gasteiger charge is 2.33. The highest BCUT2D eigenvalue weighted by atomic mass is 16.5. The molecule has 1 heterocycles. The second kappa shape index (κ2) is 11.0. The number of benzene rings is 2. The minimum atomic E-state index is -0.972. The van der Waals surface area contributed by atoms with Crippen molar-refractivity contribution in [1.82, 2.24) is 15.1 Å². The third kappa shape index (κ3) is 6.56. The van der Waals surface area contributed by atoms with Gasteiger partial charge in [0.05, 0.1) is 6.10 Å². The molecule has 0 spiro atoms. The molecule has 0 unspecified atom stereocenters. The molecule has 2 aromatic rings. The van der Waals surface area contributed by atoms with Crippen molar-refractivity contribution in [1.29, 1.82) is 0 Å². The number of piperidine rings is 1. The number of ether oxygens (including phenoxy) is 1. The van der Waals surface area contributed by atoms with Crippen LogP contribution in [0.2, 0.25) is 0 Å². The first-order chi connectivity index (χ1) is 14.2. The third-order valence-electron chi connectivity index (χ3n) is 5.54. The Morgan fingerprint density at radius 1 is 1.10 bits per heavy atom. The fraction of sp³-hybridized carbons (Fsp3) is 0.435. The summed E-state index contributed by atoms with van der Waals surface area (Å²) in [6.45, 7) is 4.64. The van der Waals surface area contributed by atoms with Crippen LogP contribution in [0.1, 0.15) is 17.5 Å². The number of amides is 1. The molecule has 6 heteroatoms. The molecule has 29 heavy (non-hydrogen) atoms. The topological polar surface area (TPSA) is 65.0 Å². The average Bonchev–Trinajstić information content (AvgIpc) is 2.74. The predicted molar refractivity (Wildman–Crippen MR) is 114 cm³/mol. The highest BCUT2D eigenvalue weighted by Crippen LogP contribution is 2.23. The summed E-state index contributed by atoms with van der Waals surface area (Å²) in [4.78, 5) is 15.5. The second-order valence-electron chi connectivity index (χ2n) is 7.54. The van der Waals surface area contributed by atoms with Crippen LogP contribution in [0.15, 0.2) is 60.7 Å². The zero-order chi connectivity index (χ0) is 20.5. The van der Waals surface area contributed by atoms with Gasteiger partial charge in [-0.15, -0.1) is 0 Å². The maximum absolute atomic E-state index is 10.7. The first-order valence-corrected chi connectivity index (χ1v) is 10.2. The van der Waals surface area contributed by atoms with Gasteiger partial charge in [0.2, 0.25) is 0 Å². The lowest BCUT2D eigenvalue weighted by molar-refractivity contribution is -0.0431. The number of likely N-dealkylation sites (tertiary alicyclic amines) is 1. The van der Waals surface area contributed by atoms with E-state index < -0.39 is 6.09 Å². The van der Waals surface area contributed by atoms with Crippen molar-refractivity contribution in [3.05, 3.63) is 71.8 Å². The van der Waals surface area contributed by atoms with Crippen LogP contribution in [0.25, 0.3) is 0 Å². The first-order valence-electron chi connectivity index (χ1n) is 10.2. The van der Waals surface area contributed by atoms with Gasteiger partial charge in [0, 0.05) is 45.9 Å². The molecule has 1 amide bonds. The quantitative estimate of drug-likeness (QED) is 0.681. The number of nitrogens with zero attached hydrogens (tertiary/aromatic N) is 2. The Bertz CT molecular complexity index is 700. The lowest BCUT2D eigenvalue weighted by atomic mass is 9.98. The van der Waals surface area contributed by atoms with Crippen LogP contribution in [0.3, 0.4) is 0 Å². The van der Waals surface area contributed by atoms with Gasteiger partial charge in [-0.1, -0.05) is 60.7 Å². The van der Waals surface area contributed by atoms with E-state index in [1.807, 2.05) is 12.1 Å². The van der Waals surface area contributed by atoms with E-state index in [4.69, 9.17) is 9.84 Å². The molecule has 0 aliphatic carbocycles. The second-order valence-corrected chi connectivity index (χ2v) is 7.54. The smallest absolute Gasteiger partial charge is 0.404 e. The summed E-state index contributed by atoms with van der Waals surface area (Å²) in [7, 11) is 1.78. The van der Waals surface area contributed by atoms with Gasteiger partial charge in [-0.05, 0) is 24.1 Å². The summed E-state index contributed by atoms with van der Waals surface area (Å²) in [5, 5.41) is 11.2. The van der Waals surface area contributed by atoms with E-state index in [1.165, 1.54) is 11.1 Å². The Morgan fingerprint density at radius 3 is 2.21 bits per heavy atom. The van der Waals surface area contributed by atoms with Gasteiger partial charge >= 0.3 is 6.09 Å². The lowest BCUT2D eigenvalue weighted by Crippen LogP contribution is -2.55. The number of methoxy groups -OCH3 is 1. The minimum Gasteiger partial charge on any atom is -0.465 e. The van der Waals surface area contributed by atoms with E-state index in [2.05, 4.69) is 63.6 Å². The number of carbonyl (C=O) groups is 1. The highest BCUT2D eigenvalue weighted by molar-refractivity contribution is 5.64. The zero-order valence-electron chi connectivity index (χ0n) is 17.0. The molecule has 1 fully saturated rings. The molecule has 1 saturated heterocycles. The van der Waals surface area contributed by atoms with Crippen LogP contribution in [0, 0.1) is 0 Å². The first kappa shape index (κ1) is 21.3. The van der Waals surface area contributed by atoms with Gasteiger partial charge in [-0.25, -0.2) is 4.79 Å². The summed E-state index contributed by atoms with van der Waals surface area (Å²) < 4.78 is 5.90. The van der Waals surface area contributed by atoms with Gasteiger partial charge in [0.25, 0.3) is 0 Å². The molecule has 2 N–H and O–H groups in total. The normalized spacial score (nSPS) is 19.9. The Hall–Kier alpha value is -2.41. The molecule has 156 valence electrons. The molecule has 6 nitrogen and oxygen atoms in total.